The zero-order valence-corrected chi connectivity index (χ0v) is 14.6. The molecule has 0 saturated carbocycles. The number of aromatic nitrogens is 2. The molecule has 132 valence electrons. The van der Waals surface area contributed by atoms with Gasteiger partial charge in [0.1, 0.15) is 6.61 Å². The van der Waals surface area contributed by atoms with Gasteiger partial charge in [-0.15, -0.1) is 0 Å². The van der Waals surface area contributed by atoms with Crippen LogP contribution in [0.4, 0.5) is 4.79 Å². The van der Waals surface area contributed by atoms with Crippen molar-refractivity contribution in [2.45, 2.75) is 44.2 Å². The third kappa shape index (κ3) is 5.10. The number of hydrogen-bond donors (Lipinski definition) is 1. The SMILES string of the molecule is C=CCOC(=O)N1C[C@@H](SC(C)=O)C[C@H]1CCn1cnc(CO)c1. The number of aliphatic hydroxyl groups is 1. The number of aryl methyl sites for hydroxylation is 1. The summed E-state index contributed by atoms with van der Waals surface area (Å²) in [5, 5.41) is 9.21. The van der Waals surface area contributed by atoms with Crippen LogP contribution >= 0.6 is 11.8 Å². The lowest BCUT2D eigenvalue weighted by atomic mass is 10.1. The van der Waals surface area contributed by atoms with E-state index in [1.54, 1.807) is 24.3 Å². The third-order valence-corrected chi connectivity index (χ3v) is 4.84. The molecule has 1 aliphatic rings. The van der Waals surface area contributed by atoms with Crippen LogP contribution in [0.1, 0.15) is 25.5 Å². The van der Waals surface area contributed by atoms with Crippen LogP contribution in [0, 0.1) is 0 Å². The molecule has 1 aromatic heterocycles. The molecule has 1 aromatic rings. The van der Waals surface area contributed by atoms with Crippen LogP contribution in [-0.2, 0) is 22.7 Å². The van der Waals surface area contributed by atoms with Crippen molar-refractivity contribution in [2.75, 3.05) is 13.2 Å². The number of amides is 1. The minimum Gasteiger partial charge on any atom is -0.445 e. The molecule has 0 aromatic carbocycles. The van der Waals surface area contributed by atoms with E-state index in [9.17, 15) is 9.59 Å². The van der Waals surface area contributed by atoms with Crippen LogP contribution in [0.5, 0.6) is 0 Å². The molecule has 1 amide bonds. The second kappa shape index (κ2) is 8.89. The highest BCUT2D eigenvalue weighted by Gasteiger charge is 2.36. The van der Waals surface area contributed by atoms with Crippen molar-refractivity contribution in [1.29, 1.82) is 0 Å². The van der Waals surface area contributed by atoms with Gasteiger partial charge < -0.3 is 19.3 Å². The van der Waals surface area contributed by atoms with Gasteiger partial charge in [-0.2, -0.15) is 0 Å². The highest BCUT2D eigenvalue weighted by molar-refractivity contribution is 8.14. The van der Waals surface area contributed by atoms with Gasteiger partial charge >= 0.3 is 6.09 Å². The van der Waals surface area contributed by atoms with Gasteiger partial charge in [0.05, 0.1) is 18.6 Å². The number of rotatable bonds is 7. The maximum atomic E-state index is 12.2. The van der Waals surface area contributed by atoms with E-state index < -0.39 is 0 Å². The van der Waals surface area contributed by atoms with Crippen molar-refractivity contribution in [1.82, 2.24) is 14.5 Å². The average molecular weight is 353 g/mol. The van der Waals surface area contributed by atoms with E-state index in [1.165, 1.54) is 17.8 Å². The van der Waals surface area contributed by atoms with Gasteiger partial charge in [0.2, 0.25) is 0 Å². The molecule has 1 saturated heterocycles. The lowest BCUT2D eigenvalue weighted by Crippen LogP contribution is -2.37. The Morgan fingerprint density at radius 2 is 2.38 bits per heavy atom. The smallest absolute Gasteiger partial charge is 0.410 e. The van der Waals surface area contributed by atoms with E-state index in [-0.39, 0.29) is 35.7 Å². The Labute approximate surface area is 145 Å². The van der Waals surface area contributed by atoms with Crippen LogP contribution in [0.2, 0.25) is 0 Å². The van der Waals surface area contributed by atoms with Crippen LogP contribution in [0.15, 0.2) is 25.2 Å². The summed E-state index contributed by atoms with van der Waals surface area (Å²) in [7, 11) is 0. The molecule has 0 aliphatic carbocycles. The molecular weight excluding hydrogens is 330 g/mol. The maximum Gasteiger partial charge on any atom is 0.410 e. The Morgan fingerprint density at radius 1 is 1.58 bits per heavy atom. The Hall–Kier alpha value is -1.80. The third-order valence-electron chi connectivity index (χ3n) is 3.84. The molecule has 2 heterocycles. The Bertz CT molecular complexity index is 590. The number of hydrogen-bond acceptors (Lipinski definition) is 6. The van der Waals surface area contributed by atoms with Crippen molar-refractivity contribution in [3.8, 4) is 0 Å². The monoisotopic (exact) mass is 353 g/mol. The molecule has 1 aliphatic heterocycles. The van der Waals surface area contributed by atoms with E-state index in [4.69, 9.17) is 9.84 Å². The number of ether oxygens (including phenoxy) is 1. The van der Waals surface area contributed by atoms with E-state index in [0.717, 1.165) is 12.8 Å². The molecule has 0 radical (unpaired) electrons. The number of imidazole rings is 1. The van der Waals surface area contributed by atoms with Gasteiger partial charge in [0, 0.05) is 37.5 Å². The molecule has 24 heavy (non-hydrogen) atoms. The highest BCUT2D eigenvalue weighted by Crippen LogP contribution is 2.30. The summed E-state index contributed by atoms with van der Waals surface area (Å²) in [5.74, 6) is 0. The first-order valence-electron chi connectivity index (χ1n) is 7.86. The normalized spacial score (nSPS) is 20.2. The molecule has 0 unspecified atom stereocenters. The molecule has 0 bridgehead atoms. The van der Waals surface area contributed by atoms with Gasteiger partial charge in [0.15, 0.2) is 5.12 Å². The lowest BCUT2D eigenvalue weighted by Gasteiger charge is -2.23. The number of thioether (sulfide) groups is 1. The van der Waals surface area contributed by atoms with Crippen LogP contribution in [0.3, 0.4) is 0 Å². The summed E-state index contributed by atoms with van der Waals surface area (Å²) in [6.45, 7) is 6.36. The number of likely N-dealkylation sites (tertiary alicyclic amines) is 1. The number of carbonyl (C=O) groups is 2. The number of carbonyl (C=O) groups excluding carboxylic acids is 2. The predicted octanol–water partition coefficient (Wildman–Crippen LogP) is 1.81. The van der Waals surface area contributed by atoms with Crippen molar-refractivity contribution in [2.24, 2.45) is 0 Å². The van der Waals surface area contributed by atoms with Crippen molar-refractivity contribution in [3.63, 3.8) is 0 Å². The fourth-order valence-corrected chi connectivity index (χ4v) is 3.84. The molecule has 2 rings (SSSR count). The summed E-state index contributed by atoms with van der Waals surface area (Å²) >= 11 is 1.28. The molecule has 0 spiro atoms. The fraction of sp³-hybridized carbons (Fsp3) is 0.562. The minimum absolute atomic E-state index is 0.0131. The summed E-state index contributed by atoms with van der Waals surface area (Å²) in [6, 6.07) is 0.0131. The average Bonchev–Trinajstić information content (AvgIpc) is 3.16. The molecule has 2 atom stereocenters. The number of nitrogens with zero attached hydrogens (tertiary/aromatic N) is 3. The second-order valence-electron chi connectivity index (χ2n) is 5.69. The van der Waals surface area contributed by atoms with E-state index in [2.05, 4.69) is 11.6 Å². The lowest BCUT2D eigenvalue weighted by molar-refractivity contribution is -0.109. The second-order valence-corrected chi connectivity index (χ2v) is 7.17. The first-order valence-corrected chi connectivity index (χ1v) is 8.74. The molecule has 1 fully saturated rings. The maximum absolute atomic E-state index is 12.2. The topological polar surface area (TPSA) is 84.7 Å². The Balaban J connectivity index is 1.97. The number of aliphatic hydroxyl groups excluding tert-OH is 1. The van der Waals surface area contributed by atoms with Gasteiger partial charge in [-0.3, -0.25) is 4.79 Å². The van der Waals surface area contributed by atoms with Crippen molar-refractivity contribution >= 4 is 23.0 Å². The summed E-state index contributed by atoms with van der Waals surface area (Å²) in [5.41, 5.74) is 0.619. The fourth-order valence-electron chi connectivity index (χ4n) is 2.81. The van der Waals surface area contributed by atoms with Gasteiger partial charge in [0.25, 0.3) is 0 Å². The summed E-state index contributed by atoms with van der Waals surface area (Å²) < 4.78 is 7.05. The Morgan fingerprint density at radius 3 is 3.00 bits per heavy atom. The molecule has 7 nitrogen and oxygen atoms in total. The van der Waals surface area contributed by atoms with Crippen LogP contribution < -0.4 is 0 Å². The Kier molecular flexibility index (Phi) is 6.86. The predicted molar refractivity (Wildman–Crippen MR) is 91.5 cm³/mol. The zero-order valence-electron chi connectivity index (χ0n) is 13.8. The van der Waals surface area contributed by atoms with Crippen molar-refractivity contribution < 1.29 is 19.4 Å². The quantitative estimate of drug-likeness (QED) is 0.753. The summed E-state index contributed by atoms with van der Waals surface area (Å²) in [4.78, 5) is 29.3. The summed E-state index contributed by atoms with van der Waals surface area (Å²) in [6.07, 6.45) is 6.12. The van der Waals surface area contributed by atoms with Crippen molar-refractivity contribution in [3.05, 3.63) is 30.9 Å². The van der Waals surface area contributed by atoms with Gasteiger partial charge in [-0.1, -0.05) is 24.4 Å². The molecule has 1 N–H and O–H groups in total. The van der Waals surface area contributed by atoms with Crippen LogP contribution in [-0.4, -0.2) is 55.2 Å². The molecule has 8 heteroatoms. The van der Waals surface area contributed by atoms with E-state index in [0.29, 0.717) is 18.8 Å². The zero-order chi connectivity index (χ0) is 17.5. The van der Waals surface area contributed by atoms with Gasteiger partial charge in [-0.05, 0) is 12.8 Å². The highest BCUT2D eigenvalue weighted by atomic mass is 32.2. The largest absolute Gasteiger partial charge is 0.445 e. The minimum atomic E-state index is -0.367. The first kappa shape index (κ1) is 18.5. The van der Waals surface area contributed by atoms with E-state index in [1.807, 2.05) is 4.57 Å². The van der Waals surface area contributed by atoms with Gasteiger partial charge in [-0.25, -0.2) is 9.78 Å². The van der Waals surface area contributed by atoms with Crippen LogP contribution in [0.25, 0.3) is 0 Å². The standard InChI is InChI=1S/C16H23N3O4S/c1-3-6-23-16(22)19-9-15(24-12(2)21)7-14(19)4-5-18-8-13(10-20)17-11-18/h3,8,11,14-15,20H,1,4-7,9-10H2,2H3/t14-,15+/m1/s1. The first-order chi connectivity index (χ1) is 11.5. The van der Waals surface area contributed by atoms with E-state index >= 15 is 0 Å². The molecular formula is C16H23N3O4S.